The Kier molecular flexibility index (Phi) is 6.63. The van der Waals surface area contributed by atoms with E-state index in [2.05, 4.69) is 15.9 Å². The van der Waals surface area contributed by atoms with Gasteiger partial charge < -0.3 is 14.6 Å². The molecule has 1 aliphatic rings. The SMILES string of the molecule is COc1ccc(N2C(=O)C(=O)/C(=C(/O)c3ccc(OC)c(Br)c3)C2c2ccccc2F)cc1Cl. The van der Waals surface area contributed by atoms with Crippen LogP contribution in [0.4, 0.5) is 10.1 Å². The number of carbonyl (C=O) groups excluding carboxylic acids is 2. The van der Waals surface area contributed by atoms with Gasteiger partial charge in [0, 0.05) is 16.8 Å². The zero-order chi connectivity index (χ0) is 24.6. The number of methoxy groups -OCH3 is 2. The normalized spacial score (nSPS) is 17.2. The molecule has 0 saturated carbocycles. The lowest BCUT2D eigenvalue weighted by atomic mass is 9.94. The number of benzene rings is 3. The van der Waals surface area contributed by atoms with Crippen LogP contribution in [-0.2, 0) is 9.59 Å². The summed E-state index contributed by atoms with van der Waals surface area (Å²) in [5, 5.41) is 11.4. The van der Waals surface area contributed by atoms with E-state index < -0.39 is 29.3 Å². The fourth-order valence-electron chi connectivity index (χ4n) is 3.86. The van der Waals surface area contributed by atoms with Gasteiger partial charge in [-0.25, -0.2) is 4.39 Å². The van der Waals surface area contributed by atoms with E-state index in [0.717, 1.165) is 4.90 Å². The molecular weight excluding hydrogens is 529 g/mol. The minimum Gasteiger partial charge on any atom is -0.507 e. The van der Waals surface area contributed by atoms with E-state index in [0.29, 0.717) is 16.0 Å². The van der Waals surface area contributed by atoms with Crippen molar-refractivity contribution in [1.82, 2.24) is 0 Å². The number of Topliss-reactive ketones (excluding diaryl/α,β-unsaturated/α-hetero) is 1. The Morgan fingerprint density at radius 3 is 2.32 bits per heavy atom. The van der Waals surface area contributed by atoms with E-state index in [9.17, 15) is 19.1 Å². The first kappa shape index (κ1) is 23.8. The molecule has 174 valence electrons. The van der Waals surface area contributed by atoms with E-state index in [1.807, 2.05) is 0 Å². The first-order chi connectivity index (χ1) is 16.3. The molecule has 0 bridgehead atoms. The van der Waals surface area contributed by atoms with Gasteiger partial charge >= 0.3 is 0 Å². The Morgan fingerprint density at radius 1 is 1.03 bits per heavy atom. The fraction of sp³-hybridized carbons (Fsp3) is 0.120. The smallest absolute Gasteiger partial charge is 0.300 e. The molecule has 1 saturated heterocycles. The summed E-state index contributed by atoms with van der Waals surface area (Å²) in [6.45, 7) is 0. The van der Waals surface area contributed by atoms with Crippen molar-refractivity contribution in [3.8, 4) is 11.5 Å². The van der Waals surface area contributed by atoms with Crippen molar-refractivity contribution < 1.29 is 28.6 Å². The Morgan fingerprint density at radius 2 is 1.71 bits per heavy atom. The molecule has 0 radical (unpaired) electrons. The van der Waals surface area contributed by atoms with Gasteiger partial charge in [-0.1, -0.05) is 29.8 Å². The van der Waals surface area contributed by atoms with Crippen LogP contribution in [0.5, 0.6) is 11.5 Å². The molecule has 0 spiro atoms. The number of ketones is 1. The van der Waals surface area contributed by atoms with E-state index in [1.54, 1.807) is 18.2 Å². The summed E-state index contributed by atoms with van der Waals surface area (Å²) in [6.07, 6.45) is 0. The molecule has 1 heterocycles. The standard InChI is InChI=1S/C25H18BrClFNO5/c1-33-19-9-7-13(11-16(19)26)23(30)21-22(15-5-3-4-6-18(15)28)29(25(32)24(21)31)14-8-10-20(34-2)17(27)12-14/h3-12,22,30H,1-2H3/b23-21+. The molecule has 1 unspecified atom stereocenters. The summed E-state index contributed by atoms with van der Waals surface area (Å²) < 4.78 is 25.9. The molecule has 1 N–H and O–H groups in total. The third-order valence-corrected chi connectivity index (χ3v) is 6.40. The minimum atomic E-state index is -1.23. The van der Waals surface area contributed by atoms with Crippen molar-refractivity contribution in [2.45, 2.75) is 6.04 Å². The summed E-state index contributed by atoms with van der Waals surface area (Å²) in [4.78, 5) is 27.5. The van der Waals surface area contributed by atoms with Crippen LogP contribution in [0.1, 0.15) is 17.2 Å². The average molecular weight is 547 g/mol. The molecule has 1 amide bonds. The van der Waals surface area contributed by atoms with Crippen molar-refractivity contribution in [3.05, 3.63) is 92.7 Å². The molecule has 4 rings (SSSR count). The van der Waals surface area contributed by atoms with E-state index in [-0.39, 0.29) is 27.4 Å². The maximum absolute atomic E-state index is 15.0. The molecule has 6 nitrogen and oxygen atoms in total. The molecule has 34 heavy (non-hydrogen) atoms. The Balaban J connectivity index is 1.96. The summed E-state index contributed by atoms with van der Waals surface area (Å²) in [6, 6.07) is 13.7. The van der Waals surface area contributed by atoms with Crippen LogP contribution in [0.25, 0.3) is 5.76 Å². The van der Waals surface area contributed by atoms with Crippen molar-refractivity contribution in [2.75, 3.05) is 19.1 Å². The van der Waals surface area contributed by atoms with Gasteiger partial charge in [0.2, 0.25) is 0 Å². The fourth-order valence-corrected chi connectivity index (χ4v) is 4.66. The number of rotatable bonds is 5. The molecule has 1 aliphatic heterocycles. The van der Waals surface area contributed by atoms with Crippen LogP contribution in [0.2, 0.25) is 5.02 Å². The number of carbonyl (C=O) groups is 2. The van der Waals surface area contributed by atoms with Crippen LogP contribution < -0.4 is 14.4 Å². The average Bonchev–Trinajstić information content (AvgIpc) is 3.09. The Labute approximate surface area is 208 Å². The lowest BCUT2D eigenvalue weighted by Gasteiger charge is -2.26. The van der Waals surface area contributed by atoms with Gasteiger partial charge in [-0.2, -0.15) is 0 Å². The zero-order valence-electron chi connectivity index (χ0n) is 18.0. The summed E-state index contributed by atoms with van der Waals surface area (Å²) in [5.41, 5.74) is 0.290. The second-order valence-corrected chi connectivity index (χ2v) is 8.62. The van der Waals surface area contributed by atoms with Gasteiger partial charge in [-0.15, -0.1) is 0 Å². The third kappa shape index (κ3) is 4.03. The lowest BCUT2D eigenvalue weighted by Crippen LogP contribution is -2.29. The van der Waals surface area contributed by atoms with Gasteiger partial charge in [-0.05, 0) is 58.4 Å². The number of hydrogen-bond donors (Lipinski definition) is 1. The number of amides is 1. The minimum absolute atomic E-state index is 0.0442. The highest BCUT2D eigenvalue weighted by atomic mass is 79.9. The first-order valence-electron chi connectivity index (χ1n) is 10.0. The van der Waals surface area contributed by atoms with Crippen molar-refractivity contribution >= 4 is 50.7 Å². The number of halogens is 3. The molecule has 9 heteroatoms. The quantitative estimate of drug-likeness (QED) is 0.246. The van der Waals surface area contributed by atoms with Crippen LogP contribution in [0.15, 0.2) is 70.7 Å². The number of aliphatic hydroxyl groups excluding tert-OH is 1. The van der Waals surface area contributed by atoms with Crippen LogP contribution in [0, 0.1) is 5.82 Å². The van der Waals surface area contributed by atoms with Gasteiger partial charge in [0.1, 0.15) is 23.1 Å². The molecule has 1 fully saturated rings. The monoisotopic (exact) mass is 545 g/mol. The molecule has 3 aromatic carbocycles. The topological polar surface area (TPSA) is 76.1 Å². The number of ether oxygens (including phenoxy) is 2. The van der Waals surface area contributed by atoms with Crippen LogP contribution in [0.3, 0.4) is 0 Å². The van der Waals surface area contributed by atoms with Crippen molar-refractivity contribution in [2.24, 2.45) is 0 Å². The van der Waals surface area contributed by atoms with Gasteiger partial charge in [0.25, 0.3) is 11.7 Å². The highest BCUT2D eigenvalue weighted by Crippen LogP contribution is 2.44. The van der Waals surface area contributed by atoms with Crippen LogP contribution in [-0.4, -0.2) is 31.0 Å². The first-order valence-corrected chi connectivity index (χ1v) is 11.2. The summed E-state index contributed by atoms with van der Waals surface area (Å²) in [5.74, 6) is -2.09. The number of hydrogen-bond acceptors (Lipinski definition) is 5. The lowest BCUT2D eigenvalue weighted by molar-refractivity contribution is -0.132. The third-order valence-electron chi connectivity index (χ3n) is 5.48. The van der Waals surface area contributed by atoms with Gasteiger partial charge in [0.15, 0.2) is 0 Å². The van der Waals surface area contributed by atoms with E-state index in [1.165, 1.54) is 56.7 Å². The highest BCUT2D eigenvalue weighted by Gasteiger charge is 2.48. The van der Waals surface area contributed by atoms with Crippen molar-refractivity contribution in [1.29, 1.82) is 0 Å². The second-order valence-electron chi connectivity index (χ2n) is 7.36. The largest absolute Gasteiger partial charge is 0.507 e. The Bertz CT molecular complexity index is 1340. The van der Waals surface area contributed by atoms with Gasteiger partial charge in [0.05, 0.1) is 35.3 Å². The second kappa shape index (κ2) is 9.48. The predicted molar refractivity (Wildman–Crippen MR) is 130 cm³/mol. The summed E-state index contributed by atoms with van der Waals surface area (Å²) >= 11 is 9.60. The molecule has 3 aromatic rings. The number of nitrogens with zero attached hydrogens (tertiary/aromatic N) is 1. The summed E-state index contributed by atoms with van der Waals surface area (Å²) in [7, 11) is 2.93. The highest BCUT2D eigenvalue weighted by molar-refractivity contribution is 9.10. The molecular formula is C25H18BrClFNO5. The number of anilines is 1. The maximum Gasteiger partial charge on any atom is 0.300 e. The Hall–Kier alpha value is -3.36. The van der Waals surface area contributed by atoms with Gasteiger partial charge in [-0.3, -0.25) is 14.5 Å². The predicted octanol–water partition coefficient (Wildman–Crippen LogP) is 5.89. The maximum atomic E-state index is 15.0. The number of aliphatic hydroxyl groups is 1. The molecule has 0 aromatic heterocycles. The van der Waals surface area contributed by atoms with Crippen molar-refractivity contribution in [3.63, 3.8) is 0 Å². The van der Waals surface area contributed by atoms with E-state index >= 15 is 0 Å². The van der Waals surface area contributed by atoms with Crippen LogP contribution >= 0.6 is 27.5 Å². The van der Waals surface area contributed by atoms with E-state index in [4.69, 9.17) is 21.1 Å². The molecule has 1 atom stereocenters. The molecule has 0 aliphatic carbocycles. The zero-order valence-corrected chi connectivity index (χ0v) is 20.4.